The Hall–Kier alpha value is -2.91. The molecule has 0 aliphatic carbocycles. The van der Waals surface area contributed by atoms with Crippen molar-refractivity contribution in [1.82, 2.24) is 0 Å². The molecule has 3 aromatic carbocycles. The van der Waals surface area contributed by atoms with Gasteiger partial charge in [0, 0.05) is 11.3 Å². The zero-order chi connectivity index (χ0) is 16.8. The molecule has 3 aromatic rings. The number of hydrogen-bond donors (Lipinski definition) is 2. The average molecular weight is 316 g/mol. The van der Waals surface area contributed by atoms with E-state index in [2.05, 4.69) is 5.32 Å². The Bertz CT molecular complexity index is 800. The number of carbonyl (C=O) groups excluding carboxylic acids is 1. The summed E-state index contributed by atoms with van der Waals surface area (Å²) in [6, 6.07) is 27.0. The summed E-state index contributed by atoms with van der Waals surface area (Å²) in [7, 11) is 0. The van der Waals surface area contributed by atoms with E-state index in [1.807, 2.05) is 84.9 Å². The number of benzene rings is 3. The number of rotatable bonds is 5. The van der Waals surface area contributed by atoms with Crippen LogP contribution in [0.5, 0.6) is 0 Å². The first kappa shape index (κ1) is 16.0. The van der Waals surface area contributed by atoms with Crippen molar-refractivity contribution in [2.75, 3.05) is 5.32 Å². The van der Waals surface area contributed by atoms with Crippen LogP contribution in [0.1, 0.15) is 5.56 Å². The SMILES string of the molecule is NC(Cc1ccccc1)C(=O)Nc1ccccc1-c1ccccc1. The lowest BCUT2D eigenvalue weighted by Gasteiger charge is -2.15. The van der Waals surface area contributed by atoms with Crippen molar-refractivity contribution in [2.24, 2.45) is 5.73 Å². The van der Waals surface area contributed by atoms with Crippen LogP contribution >= 0.6 is 0 Å². The standard InChI is InChI=1S/C21H20N2O/c22-19(15-16-9-3-1-4-10-16)21(24)23-20-14-8-7-13-18(20)17-11-5-2-6-12-17/h1-14,19H,15,22H2,(H,23,24). The molecule has 3 N–H and O–H groups in total. The van der Waals surface area contributed by atoms with Gasteiger partial charge >= 0.3 is 0 Å². The molecule has 0 saturated heterocycles. The summed E-state index contributed by atoms with van der Waals surface area (Å²) in [6.07, 6.45) is 0.514. The number of nitrogens with two attached hydrogens (primary N) is 1. The van der Waals surface area contributed by atoms with Crippen LogP contribution < -0.4 is 11.1 Å². The van der Waals surface area contributed by atoms with Gasteiger partial charge in [0.25, 0.3) is 0 Å². The van der Waals surface area contributed by atoms with E-state index in [1.165, 1.54) is 0 Å². The van der Waals surface area contributed by atoms with E-state index in [1.54, 1.807) is 0 Å². The second-order valence-corrected chi connectivity index (χ2v) is 5.70. The fourth-order valence-electron chi connectivity index (χ4n) is 2.65. The Kier molecular flexibility index (Phi) is 5.04. The summed E-state index contributed by atoms with van der Waals surface area (Å²) in [6.45, 7) is 0. The summed E-state index contributed by atoms with van der Waals surface area (Å²) < 4.78 is 0. The van der Waals surface area contributed by atoms with Gasteiger partial charge in [0.15, 0.2) is 0 Å². The second kappa shape index (κ2) is 7.57. The lowest BCUT2D eigenvalue weighted by molar-refractivity contribution is -0.117. The lowest BCUT2D eigenvalue weighted by atomic mass is 10.0. The zero-order valence-electron chi connectivity index (χ0n) is 13.4. The second-order valence-electron chi connectivity index (χ2n) is 5.70. The third-order valence-corrected chi connectivity index (χ3v) is 3.90. The summed E-state index contributed by atoms with van der Waals surface area (Å²) in [4.78, 5) is 12.5. The van der Waals surface area contributed by atoms with Crippen LogP contribution in [0.15, 0.2) is 84.9 Å². The van der Waals surface area contributed by atoms with E-state index in [0.717, 1.165) is 22.4 Å². The molecule has 0 aliphatic rings. The monoisotopic (exact) mass is 316 g/mol. The van der Waals surface area contributed by atoms with E-state index >= 15 is 0 Å². The topological polar surface area (TPSA) is 55.1 Å². The van der Waals surface area contributed by atoms with Gasteiger partial charge in [0.05, 0.1) is 6.04 Å². The first-order chi connectivity index (χ1) is 11.7. The largest absolute Gasteiger partial charge is 0.324 e. The molecule has 1 amide bonds. The molecule has 0 fully saturated rings. The highest BCUT2D eigenvalue weighted by molar-refractivity contribution is 5.98. The van der Waals surface area contributed by atoms with E-state index in [9.17, 15) is 4.79 Å². The molecule has 3 rings (SSSR count). The Morgan fingerprint density at radius 1 is 0.833 bits per heavy atom. The van der Waals surface area contributed by atoms with Gasteiger partial charge in [-0.3, -0.25) is 4.79 Å². The van der Waals surface area contributed by atoms with E-state index < -0.39 is 6.04 Å². The maximum Gasteiger partial charge on any atom is 0.241 e. The number of nitrogens with one attached hydrogen (secondary N) is 1. The van der Waals surface area contributed by atoms with Gasteiger partial charge in [0.2, 0.25) is 5.91 Å². The first-order valence-electron chi connectivity index (χ1n) is 7.99. The van der Waals surface area contributed by atoms with E-state index in [4.69, 9.17) is 5.73 Å². The minimum Gasteiger partial charge on any atom is -0.324 e. The summed E-state index contributed by atoms with van der Waals surface area (Å²) in [5.74, 6) is -0.178. The average Bonchev–Trinajstić information content (AvgIpc) is 2.63. The molecular formula is C21H20N2O. The third kappa shape index (κ3) is 3.89. The Morgan fingerprint density at radius 3 is 2.12 bits per heavy atom. The molecule has 0 aliphatic heterocycles. The van der Waals surface area contributed by atoms with Crippen molar-refractivity contribution in [3.63, 3.8) is 0 Å². The number of para-hydroxylation sites is 1. The molecule has 0 saturated carbocycles. The Morgan fingerprint density at radius 2 is 1.42 bits per heavy atom. The summed E-state index contributed by atoms with van der Waals surface area (Å²) >= 11 is 0. The molecule has 24 heavy (non-hydrogen) atoms. The highest BCUT2D eigenvalue weighted by atomic mass is 16.2. The number of anilines is 1. The molecule has 1 atom stereocenters. The number of amides is 1. The predicted molar refractivity (Wildman–Crippen MR) is 98.6 cm³/mol. The van der Waals surface area contributed by atoms with Crippen molar-refractivity contribution in [1.29, 1.82) is 0 Å². The quantitative estimate of drug-likeness (QED) is 0.751. The van der Waals surface area contributed by atoms with Gasteiger partial charge < -0.3 is 11.1 Å². The molecule has 1 unspecified atom stereocenters. The highest BCUT2D eigenvalue weighted by Crippen LogP contribution is 2.27. The molecule has 3 heteroatoms. The number of hydrogen-bond acceptors (Lipinski definition) is 2. The molecule has 0 heterocycles. The molecule has 0 bridgehead atoms. The van der Waals surface area contributed by atoms with Crippen LogP contribution in [0, 0.1) is 0 Å². The van der Waals surface area contributed by atoms with Crippen molar-refractivity contribution >= 4 is 11.6 Å². The molecule has 3 nitrogen and oxygen atoms in total. The van der Waals surface area contributed by atoms with Crippen molar-refractivity contribution < 1.29 is 4.79 Å². The number of carbonyl (C=O) groups is 1. The minimum atomic E-state index is -0.587. The maximum atomic E-state index is 12.5. The summed E-state index contributed by atoms with van der Waals surface area (Å²) in [5.41, 5.74) is 9.95. The normalized spacial score (nSPS) is 11.7. The van der Waals surface area contributed by atoms with Crippen LogP contribution in [0.2, 0.25) is 0 Å². The van der Waals surface area contributed by atoms with Gasteiger partial charge in [0.1, 0.15) is 0 Å². The van der Waals surface area contributed by atoms with Gasteiger partial charge in [-0.05, 0) is 23.6 Å². The zero-order valence-corrected chi connectivity index (χ0v) is 13.4. The van der Waals surface area contributed by atoms with Crippen LogP contribution in [0.3, 0.4) is 0 Å². The molecule has 0 aromatic heterocycles. The van der Waals surface area contributed by atoms with Gasteiger partial charge in [-0.2, -0.15) is 0 Å². The Balaban J connectivity index is 1.75. The van der Waals surface area contributed by atoms with Crippen LogP contribution in [-0.2, 0) is 11.2 Å². The van der Waals surface area contributed by atoms with E-state index in [0.29, 0.717) is 6.42 Å². The maximum absolute atomic E-state index is 12.5. The van der Waals surface area contributed by atoms with E-state index in [-0.39, 0.29) is 5.91 Å². The van der Waals surface area contributed by atoms with Crippen LogP contribution in [0.4, 0.5) is 5.69 Å². The summed E-state index contributed by atoms with van der Waals surface area (Å²) in [5, 5.41) is 2.97. The molecule has 0 radical (unpaired) electrons. The van der Waals surface area contributed by atoms with Gasteiger partial charge in [-0.25, -0.2) is 0 Å². The van der Waals surface area contributed by atoms with Gasteiger partial charge in [-0.15, -0.1) is 0 Å². The fourth-order valence-corrected chi connectivity index (χ4v) is 2.65. The first-order valence-corrected chi connectivity index (χ1v) is 7.99. The van der Waals surface area contributed by atoms with Crippen molar-refractivity contribution in [3.05, 3.63) is 90.5 Å². The lowest BCUT2D eigenvalue weighted by Crippen LogP contribution is -2.37. The molecule has 0 spiro atoms. The third-order valence-electron chi connectivity index (χ3n) is 3.90. The molecule has 120 valence electrons. The molecular weight excluding hydrogens is 296 g/mol. The van der Waals surface area contributed by atoms with Crippen molar-refractivity contribution in [2.45, 2.75) is 12.5 Å². The van der Waals surface area contributed by atoms with Crippen LogP contribution in [0.25, 0.3) is 11.1 Å². The van der Waals surface area contributed by atoms with Crippen LogP contribution in [-0.4, -0.2) is 11.9 Å². The smallest absolute Gasteiger partial charge is 0.241 e. The predicted octanol–water partition coefficient (Wildman–Crippen LogP) is 3.86. The van der Waals surface area contributed by atoms with Crippen molar-refractivity contribution in [3.8, 4) is 11.1 Å². The highest BCUT2D eigenvalue weighted by Gasteiger charge is 2.15. The Labute approximate surface area is 142 Å². The van der Waals surface area contributed by atoms with Gasteiger partial charge in [-0.1, -0.05) is 78.9 Å². The minimum absolute atomic E-state index is 0.178. The fraction of sp³-hybridized carbons (Fsp3) is 0.0952.